The van der Waals surface area contributed by atoms with E-state index in [1.165, 1.54) is 45.0 Å². The molecular weight excluding hydrogens is 533 g/mol. The van der Waals surface area contributed by atoms with E-state index in [-0.39, 0.29) is 80.0 Å². The van der Waals surface area contributed by atoms with E-state index in [2.05, 4.69) is 5.32 Å². The SMILES string of the molecule is Cc1c(N)c(C)c(S(=O)(=O)[O-])c(C)c1Nc1cc(S(=O)(=O)[O-])c(N)c2c1C(=O)c1ccccc1C2=O.[Na+]. The number of ketones is 2. The van der Waals surface area contributed by atoms with Gasteiger partial charge in [0.05, 0.1) is 32.3 Å². The molecular formula is C23H19N3NaO8S2-. The smallest absolute Gasteiger partial charge is 0.744 e. The summed E-state index contributed by atoms with van der Waals surface area (Å²) in [6, 6.07) is 6.60. The van der Waals surface area contributed by atoms with Crippen LogP contribution in [0, 0.1) is 20.8 Å². The van der Waals surface area contributed by atoms with Crippen molar-refractivity contribution in [2.75, 3.05) is 16.8 Å². The van der Waals surface area contributed by atoms with Gasteiger partial charge in [-0.05, 0) is 43.5 Å². The van der Waals surface area contributed by atoms with Crippen LogP contribution in [0.25, 0.3) is 0 Å². The van der Waals surface area contributed by atoms with E-state index in [1.807, 2.05) is 0 Å². The first-order chi connectivity index (χ1) is 16.6. The molecule has 188 valence electrons. The van der Waals surface area contributed by atoms with Gasteiger partial charge in [0.2, 0.25) is 0 Å². The fraction of sp³-hybridized carbons (Fsp3) is 0.130. The Morgan fingerprint density at radius 3 is 1.76 bits per heavy atom. The maximum Gasteiger partial charge on any atom is 1.00 e. The number of rotatable bonds is 4. The maximum atomic E-state index is 13.4. The molecule has 0 saturated carbocycles. The number of hydrogen-bond donors (Lipinski definition) is 3. The molecule has 0 atom stereocenters. The molecule has 0 bridgehead atoms. The zero-order valence-electron chi connectivity index (χ0n) is 20.1. The third-order valence-electron chi connectivity index (χ3n) is 6.22. The van der Waals surface area contributed by atoms with Gasteiger partial charge in [-0.25, -0.2) is 16.8 Å². The molecule has 0 aliphatic heterocycles. The number of nitrogens with two attached hydrogens (primary N) is 2. The van der Waals surface area contributed by atoms with Gasteiger partial charge in [0, 0.05) is 22.5 Å². The first kappa shape index (κ1) is 28.8. The minimum atomic E-state index is -5.22. The minimum absolute atomic E-state index is 0. The Bertz CT molecular complexity index is 1750. The van der Waals surface area contributed by atoms with E-state index >= 15 is 0 Å². The van der Waals surface area contributed by atoms with E-state index in [0.717, 1.165) is 6.07 Å². The Labute approximate surface area is 235 Å². The monoisotopic (exact) mass is 552 g/mol. The summed E-state index contributed by atoms with van der Waals surface area (Å²) in [4.78, 5) is 25.2. The number of hydrogen-bond acceptors (Lipinski definition) is 11. The molecule has 3 aromatic rings. The summed E-state index contributed by atoms with van der Waals surface area (Å²) in [7, 11) is -10.2. The van der Waals surface area contributed by atoms with Crippen molar-refractivity contribution in [3.05, 3.63) is 69.3 Å². The van der Waals surface area contributed by atoms with Crippen LogP contribution in [0.2, 0.25) is 0 Å². The van der Waals surface area contributed by atoms with E-state index in [9.17, 15) is 35.5 Å². The second-order valence-electron chi connectivity index (χ2n) is 8.32. The third kappa shape index (κ3) is 4.56. The first-order valence-electron chi connectivity index (χ1n) is 10.3. The van der Waals surface area contributed by atoms with E-state index in [1.54, 1.807) is 0 Å². The number of nitrogens with one attached hydrogen (secondary N) is 1. The Morgan fingerprint density at radius 2 is 1.27 bits per heavy atom. The fourth-order valence-electron chi connectivity index (χ4n) is 4.51. The molecule has 0 fully saturated rings. The molecule has 1 aliphatic carbocycles. The zero-order valence-corrected chi connectivity index (χ0v) is 23.8. The van der Waals surface area contributed by atoms with Gasteiger partial charge in [-0.3, -0.25) is 9.59 Å². The van der Waals surface area contributed by atoms with Gasteiger partial charge < -0.3 is 25.9 Å². The quantitative estimate of drug-likeness (QED) is 0.160. The van der Waals surface area contributed by atoms with Crippen LogP contribution < -0.4 is 46.3 Å². The normalized spacial score (nSPS) is 13.0. The summed E-state index contributed by atoms with van der Waals surface area (Å²) in [5.41, 5.74) is 10.4. The van der Waals surface area contributed by atoms with Crippen molar-refractivity contribution < 1.29 is 65.1 Å². The number of carbonyl (C=O) groups is 2. The number of fused-ring (bicyclic) bond motifs is 2. The van der Waals surface area contributed by atoms with Gasteiger partial charge in [0.1, 0.15) is 20.2 Å². The van der Waals surface area contributed by atoms with Gasteiger partial charge in [-0.15, -0.1) is 0 Å². The second kappa shape index (κ2) is 9.51. The van der Waals surface area contributed by atoms with Crippen LogP contribution in [0.4, 0.5) is 22.7 Å². The molecule has 1 aliphatic rings. The third-order valence-corrected chi connectivity index (χ3v) is 8.21. The summed E-state index contributed by atoms with van der Waals surface area (Å²) in [6.07, 6.45) is 0. The van der Waals surface area contributed by atoms with E-state index < -0.39 is 52.8 Å². The summed E-state index contributed by atoms with van der Waals surface area (Å²) < 4.78 is 71.9. The van der Waals surface area contributed by atoms with Crippen LogP contribution in [0.5, 0.6) is 0 Å². The Hall–Kier alpha value is -2.78. The molecule has 3 aromatic carbocycles. The van der Waals surface area contributed by atoms with Crippen molar-refractivity contribution in [1.29, 1.82) is 0 Å². The van der Waals surface area contributed by atoms with Crippen LogP contribution in [-0.4, -0.2) is 37.5 Å². The molecule has 0 amide bonds. The maximum absolute atomic E-state index is 13.4. The molecule has 4 rings (SSSR count). The van der Waals surface area contributed by atoms with Crippen molar-refractivity contribution in [2.24, 2.45) is 0 Å². The van der Waals surface area contributed by atoms with Gasteiger partial charge >= 0.3 is 29.6 Å². The predicted molar refractivity (Wildman–Crippen MR) is 128 cm³/mol. The molecule has 0 spiro atoms. The molecule has 11 nitrogen and oxygen atoms in total. The van der Waals surface area contributed by atoms with Crippen LogP contribution in [-0.2, 0) is 20.2 Å². The van der Waals surface area contributed by atoms with Gasteiger partial charge in [-0.2, -0.15) is 0 Å². The Morgan fingerprint density at radius 1 is 0.757 bits per heavy atom. The number of benzene rings is 3. The topological polar surface area (TPSA) is 213 Å². The van der Waals surface area contributed by atoms with Crippen molar-refractivity contribution in [1.82, 2.24) is 0 Å². The van der Waals surface area contributed by atoms with Gasteiger partial charge in [0.15, 0.2) is 11.6 Å². The fourth-order valence-corrected chi connectivity index (χ4v) is 6.11. The van der Waals surface area contributed by atoms with Crippen molar-refractivity contribution >= 4 is 54.6 Å². The molecule has 0 aromatic heterocycles. The Balaban J connectivity index is 0.00000380. The molecule has 5 N–H and O–H groups in total. The minimum Gasteiger partial charge on any atom is -0.744 e. The zero-order chi connectivity index (χ0) is 26.9. The van der Waals surface area contributed by atoms with Crippen LogP contribution in [0.1, 0.15) is 48.5 Å². The molecule has 0 saturated heterocycles. The van der Waals surface area contributed by atoms with Crippen molar-refractivity contribution in [3.8, 4) is 0 Å². The molecule has 37 heavy (non-hydrogen) atoms. The standard InChI is InChI=1S/C23H21N3O8S2.Na/c1-9-18(24)10(2)23(36(32,33)34)11(3)20(9)26-14-8-15(35(29,30)31)19(25)17-16(14)21(27)12-6-4-5-7-13(12)22(17)28;/h4-8,26H,24-25H2,1-3H3,(H,29,30,31)(H,32,33,34);/q;+1/p-2. The number of carbonyl (C=O) groups excluding carboxylic acids is 2. The molecule has 14 heteroatoms. The van der Waals surface area contributed by atoms with E-state index in [4.69, 9.17) is 11.5 Å². The summed E-state index contributed by atoms with van der Waals surface area (Å²) in [6.45, 7) is 4.19. The second-order valence-corrected chi connectivity index (χ2v) is 11.0. The first-order valence-corrected chi connectivity index (χ1v) is 13.1. The van der Waals surface area contributed by atoms with Crippen LogP contribution in [0.15, 0.2) is 40.1 Å². The summed E-state index contributed by atoms with van der Waals surface area (Å²) in [5.74, 6) is -1.46. The van der Waals surface area contributed by atoms with Crippen molar-refractivity contribution in [3.63, 3.8) is 0 Å². The van der Waals surface area contributed by atoms with Crippen molar-refractivity contribution in [2.45, 2.75) is 30.6 Å². The summed E-state index contributed by atoms with van der Waals surface area (Å²) in [5, 5.41) is 2.76. The van der Waals surface area contributed by atoms with E-state index in [0.29, 0.717) is 0 Å². The van der Waals surface area contributed by atoms with Gasteiger partial charge in [0.25, 0.3) is 0 Å². The molecule has 0 unspecified atom stereocenters. The van der Waals surface area contributed by atoms with Crippen LogP contribution in [0.3, 0.4) is 0 Å². The van der Waals surface area contributed by atoms with Crippen LogP contribution >= 0.6 is 0 Å². The largest absolute Gasteiger partial charge is 1.00 e. The number of nitrogen functional groups attached to an aromatic ring is 2. The predicted octanol–water partition coefficient (Wildman–Crippen LogP) is -0.893. The average Bonchev–Trinajstić information content (AvgIpc) is 2.77. The Kier molecular flexibility index (Phi) is 7.40. The molecule has 0 heterocycles. The van der Waals surface area contributed by atoms with Gasteiger partial charge in [-0.1, -0.05) is 24.3 Å². The average molecular weight is 553 g/mol. The summed E-state index contributed by atoms with van der Waals surface area (Å²) >= 11 is 0. The molecule has 0 radical (unpaired) electrons. The number of anilines is 4.